The fourth-order valence-corrected chi connectivity index (χ4v) is 2.50. The van der Waals surface area contributed by atoms with Crippen molar-refractivity contribution in [2.45, 2.75) is 71.1 Å². The van der Waals surface area contributed by atoms with Crippen molar-refractivity contribution >= 4 is 6.09 Å². The van der Waals surface area contributed by atoms with Crippen LogP contribution in [0.1, 0.15) is 52.5 Å². The normalized spacial score (nSPS) is 14.0. The van der Waals surface area contributed by atoms with E-state index in [9.17, 15) is 9.90 Å². The molecule has 0 unspecified atom stereocenters. The van der Waals surface area contributed by atoms with Crippen molar-refractivity contribution in [3.05, 3.63) is 35.9 Å². The predicted molar refractivity (Wildman–Crippen MR) is 102 cm³/mol. The first kappa shape index (κ1) is 21.5. The van der Waals surface area contributed by atoms with Crippen molar-refractivity contribution in [2.75, 3.05) is 13.1 Å². The Morgan fingerprint density at radius 2 is 1.88 bits per heavy atom. The summed E-state index contributed by atoms with van der Waals surface area (Å²) in [6.07, 6.45) is 2.80. The Labute approximate surface area is 152 Å². The molecule has 1 aromatic carbocycles. The molecular formula is C20H34N2O3. The second-order valence-corrected chi connectivity index (χ2v) is 7.42. The van der Waals surface area contributed by atoms with Gasteiger partial charge >= 0.3 is 6.09 Å². The summed E-state index contributed by atoms with van der Waals surface area (Å²) in [7, 11) is 0. The Hall–Kier alpha value is -1.59. The number of ether oxygens (including phenoxy) is 1. The molecule has 0 saturated carbocycles. The molecule has 0 aliphatic rings. The number of benzene rings is 1. The molecule has 5 heteroatoms. The highest BCUT2D eigenvalue weighted by molar-refractivity contribution is 5.68. The van der Waals surface area contributed by atoms with Crippen molar-refractivity contribution in [1.82, 2.24) is 10.6 Å². The lowest BCUT2D eigenvalue weighted by atomic mass is 10.0. The zero-order valence-electron chi connectivity index (χ0n) is 16.0. The maximum Gasteiger partial charge on any atom is 0.407 e. The van der Waals surface area contributed by atoms with Crippen LogP contribution in [0.25, 0.3) is 0 Å². The summed E-state index contributed by atoms with van der Waals surface area (Å²) in [5.74, 6) is 0. The first-order valence-corrected chi connectivity index (χ1v) is 9.24. The maximum absolute atomic E-state index is 12.1. The van der Waals surface area contributed by atoms with Crippen LogP contribution in [-0.2, 0) is 11.2 Å². The van der Waals surface area contributed by atoms with E-state index in [-0.39, 0.29) is 0 Å². The number of alkyl carbamates (subject to hydrolysis) is 1. The largest absolute Gasteiger partial charge is 0.444 e. The topological polar surface area (TPSA) is 70.6 Å². The van der Waals surface area contributed by atoms with E-state index in [1.807, 2.05) is 51.1 Å². The number of rotatable bonds is 10. The lowest BCUT2D eigenvalue weighted by Gasteiger charge is -2.27. The third-order valence-electron chi connectivity index (χ3n) is 3.78. The number of amides is 1. The first-order chi connectivity index (χ1) is 11.8. The Balaban J connectivity index is 2.61. The SMILES string of the molecule is CCCCCNC[C@H](O)[C@H](Cc1ccccc1)NC(=O)OC(C)(C)C. The highest BCUT2D eigenvalue weighted by atomic mass is 16.6. The monoisotopic (exact) mass is 350 g/mol. The molecule has 3 N–H and O–H groups in total. The summed E-state index contributed by atoms with van der Waals surface area (Å²) in [5, 5.41) is 16.6. The van der Waals surface area contributed by atoms with Crippen molar-refractivity contribution < 1.29 is 14.6 Å². The minimum absolute atomic E-state index is 0.407. The molecule has 0 aliphatic carbocycles. The van der Waals surface area contributed by atoms with Gasteiger partial charge in [-0.2, -0.15) is 0 Å². The number of aliphatic hydroxyl groups is 1. The van der Waals surface area contributed by atoms with Crippen molar-refractivity contribution in [3.63, 3.8) is 0 Å². The molecule has 0 spiro atoms. The Bertz CT molecular complexity index is 485. The van der Waals surface area contributed by atoms with Crippen LogP contribution in [0.5, 0.6) is 0 Å². The van der Waals surface area contributed by atoms with Crippen molar-refractivity contribution in [1.29, 1.82) is 0 Å². The standard InChI is InChI=1S/C20H34N2O3/c1-5-6-10-13-21-15-18(23)17(14-16-11-8-7-9-12-16)22-19(24)25-20(2,3)4/h7-9,11-12,17-18,21,23H,5-6,10,13-15H2,1-4H3,(H,22,24)/t17-,18-/m0/s1. The molecule has 2 atom stereocenters. The third-order valence-corrected chi connectivity index (χ3v) is 3.78. The van der Waals surface area contributed by atoms with E-state index in [1.54, 1.807) is 0 Å². The molecule has 0 bridgehead atoms. The lowest BCUT2D eigenvalue weighted by molar-refractivity contribution is 0.0422. The van der Waals surface area contributed by atoms with Crippen LogP contribution in [0.2, 0.25) is 0 Å². The van der Waals surface area contributed by atoms with E-state index in [2.05, 4.69) is 17.6 Å². The van der Waals surface area contributed by atoms with Crippen LogP contribution in [0.3, 0.4) is 0 Å². The van der Waals surface area contributed by atoms with Crippen LogP contribution < -0.4 is 10.6 Å². The van der Waals surface area contributed by atoms with Gasteiger partial charge in [0.15, 0.2) is 0 Å². The molecule has 1 amide bonds. The molecule has 1 aromatic rings. The highest BCUT2D eigenvalue weighted by Gasteiger charge is 2.24. The lowest BCUT2D eigenvalue weighted by Crippen LogP contribution is -2.50. The zero-order chi connectivity index (χ0) is 18.7. The number of hydrogen-bond donors (Lipinski definition) is 3. The molecule has 0 aromatic heterocycles. The Morgan fingerprint density at radius 3 is 2.48 bits per heavy atom. The number of unbranched alkanes of at least 4 members (excludes halogenated alkanes) is 2. The smallest absolute Gasteiger partial charge is 0.407 e. The number of carbonyl (C=O) groups is 1. The predicted octanol–water partition coefficient (Wildman–Crippen LogP) is 3.26. The highest BCUT2D eigenvalue weighted by Crippen LogP contribution is 2.10. The van der Waals surface area contributed by atoms with Gasteiger partial charge in [0.05, 0.1) is 12.1 Å². The molecule has 0 radical (unpaired) electrons. The summed E-state index contributed by atoms with van der Waals surface area (Å²) in [6.45, 7) is 8.95. The maximum atomic E-state index is 12.1. The average molecular weight is 351 g/mol. The van der Waals surface area contributed by atoms with E-state index < -0.39 is 23.8 Å². The average Bonchev–Trinajstić information content (AvgIpc) is 2.53. The van der Waals surface area contributed by atoms with Gasteiger partial charge in [0.25, 0.3) is 0 Å². The summed E-state index contributed by atoms with van der Waals surface area (Å²) in [4.78, 5) is 12.1. The van der Waals surface area contributed by atoms with Gasteiger partial charge in [0.2, 0.25) is 0 Å². The van der Waals surface area contributed by atoms with Crippen molar-refractivity contribution in [3.8, 4) is 0 Å². The third kappa shape index (κ3) is 10.1. The molecule has 0 fully saturated rings. The molecular weight excluding hydrogens is 316 g/mol. The number of carbonyl (C=O) groups excluding carboxylic acids is 1. The van der Waals surface area contributed by atoms with Crippen LogP contribution in [0.4, 0.5) is 4.79 Å². The van der Waals surface area contributed by atoms with Gasteiger partial charge in [-0.25, -0.2) is 4.79 Å². The van der Waals surface area contributed by atoms with Crippen LogP contribution in [-0.4, -0.2) is 42.0 Å². The van der Waals surface area contributed by atoms with Gasteiger partial charge in [-0.3, -0.25) is 0 Å². The molecule has 0 saturated heterocycles. The van der Waals surface area contributed by atoms with Crippen LogP contribution in [0, 0.1) is 0 Å². The second-order valence-electron chi connectivity index (χ2n) is 7.42. The van der Waals surface area contributed by atoms with Crippen LogP contribution in [0.15, 0.2) is 30.3 Å². The molecule has 0 heterocycles. The first-order valence-electron chi connectivity index (χ1n) is 9.24. The van der Waals surface area contributed by atoms with Gasteiger partial charge in [-0.15, -0.1) is 0 Å². The molecule has 25 heavy (non-hydrogen) atoms. The number of nitrogens with one attached hydrogen (secondary N) is 2. The summed E-state index contributed by atoms with van der Waals surface area (Å²) in [6, 6.07) is 9.43. The minimum Gasteiger partial charge on any atom is -0.444 e. The van der Waals surface area contributed by atoms with E-state index >= 15 is 0 Å². The Morgan fingerprint density at radius 1 is 1.20 bits per heavy atom. The van der Waals surface area contributed by atoms with Crippen LogP contribution >= 0.6 is 0 Å². The van der Waals surface area contributed by atoms with E-state index in [0.29, 0.717) is 13.0 Å². The summed E-state index contributed by atoms with van der Waals surface area (Å²) in [5.41, 5.74) is 0.499. The molecule has 142 valence electrons. The fraction of sp³-hybridized carbons (Fsp3) is 0.650. The quantitative estimate of drug-likeness (QED) is 0.567. The van der Waals surface area contributed by atoms with Gasteiger partial charge < -0.3 is 20.5 Å². The van der Waals surface area contributed by atoms with E-state index in [4.69, 9.17) is 4.74 Å². The van der Waals surface area contributed by atoms with E-state index in [1.165, 1.54) is 12.8 Å². The summed E-state index contributed by atoms with van der Waals surface area (Å²) < 4.78 is 5.33. The van der Waals surface area contributed by atoms with Gasteiger partial charge in [-0.1, -0.05) is 50.1 Å². The summed E-state index contributed by atoms with van der Waals surface area (Å²) >= 11 is 0. The van der Waals surface area contributed by atoms with Gasteiger partial charge in [-0.05, 0) is 45.7 Å². The van der Waals surface area contributed by atoms with E-state index in [0.717, 1.165) is 18.5 Å². The number of aliphatic hydroxyl groups excluding tert-OH is 1. The zero-order valence-corrected chi connectivity index (χ0v) is 16.0. The molecule has 0 aliphatic heterocycles. The van der Waals surface area contributed by atoms with Gasteiger partial charge in [0.1, 0.15) is 5.60 Å². The Kier molecular flexibility index (Phi) is 9.53. The fourth-order valence-electron chi connectivity index (χ4n) is 2.50. The van der Waals surface area contributed by atoms with Gasteiger partial charge in [0, 0.05) is 6.54 Å². The minimum atomic E-state index is -0.686. The molecule has 5 nitrogen and oxygen atoms in total. The second kappa shape index (κ2) is 11.1. The number of hydrogen-bond acceptors (Lipinski definition) is 4. The van der Waals surface area contributed by atoms with Crippen molar-refractivity contribution in [2.24, 2.45) is 0 Å². The molecule has 1 rings (SSSR count).